The summed E-state index contributed by atoms with van der Waals surface area (Å²) in [6.07, 6.45) is 1.76. The number of hydrogen-bond donors (Lipinski definition) is 1. The maximum atomic E-state index is 15.5. The van der Waals surface area contributed by atoms with Gasteiger partial charge in [-0.1, -0.05) is 41.4 Å². The van der Waals surface area contributed by atoms with Crippen molar-refractivity contribution in [2.24, 2.45) is 0 Å². The molecular weight excluding hydrogens is 562 g/mol. The van der Waals surface area contributed by atoms with E-state index < -0.39 is 17.7 Å². The van der Waals surface area contributed by atoms with Gasteiger partial charge >= 0.3 is 5.97 Å². The summed E-state index contributed by atoms with van der Waals surface area (Å²) in [4.78, 5) is 29.0. The first kappa shape index (κ1) is 26.7. The molecule has 2 unspecified atom stereocenters. The van der Waals surface area contributed by atoms with Crippen LogP contribution in [0.1, 0.15) is 39.1 Å². The van der Waals surface area contributed by atoms with Crippen LogP contribution in [0.5, 0.6) is 11.5 Å². The highest BCUT2D eigenvalue weighted by Crippen LogP contribution is 2.43. The third-order valence-corrected chi connectivity index (χ3v) is 8.30. The van der Waals surface area contributed by atoms with E-state index >= 15 is 4.39 Å². The average molecular weight is 587 g/mol. The minimum atomic E-state index is -1.19. The highest BCUT2D eigenvalue weighted by molar-refractivity contribution is 6.39. The van der Waals surface area contributed by atoms with Crippen molar-refractivity contribution in [3.8, 4) is 22.6 Å². The van der Waals surface area contributed by atoms with E-state index in [-0.39, 0.29) is 52.1 Å². The molecule has 11 heteroatoms. The summed E-state index contributed by atoms with van der Waals surface area (Å²) in [5.74, 6) is -1.43. The Morgan fingerprint density at radius 3 is 2.40 bits per heavy atom. The molecule has 40 heavy (non-hydrogen) atoms. The molecule has 1 N–H and O–H groups in total. The van der Waals surface area contributed by atoms with Crippen LogP contribution in [0, 0.1) is 5.82 Å². The van der Waals surface area contributed by atoms with Gasteiger partial charge in [0, 0.05) is 16.7 Å². The van der Waals surface area contributed by atoms with Crippen LogP contribution in [0.2, 0.25) is 10.0 Å². The molecule has 1 amide bonds. The minimum Gasteiger partial charge on any atom is -0.497 e. The number of ether oxygens (including phenoxy) is 3. The quantitative estimate of drug-likeness (QED) is 0.400. The van der Waals surface area contributed by atoms with Gasteiger partial charge in [0.25, 0.3) is 5.91 Å². The number of morpholine rings is 1. The van der Waals surface area contributed by atoms with E-state index in [9.17, 15) is 14.7 Å². The van der Waals surface area contributed by atoms with E-state index in [0.29, 0.717) is 41.5 Å². The Balaban J connectivity index is 1.36. The zero-order chi connectivity index (χ0) is 28.1. The third kappa shape index (κ3) is 4.52. The van der Waals surface area contributed by atoms with E-state index in [4.69, 9.17) is 37.4 Å². The van der Waals surface area contributed by atoms with E-state index in [1.807, 2.05) is 0 Å². The number of benzene rings is 3. The number of para-hydroxylation sites is 1. The van der Waals surface area contributed by atoms with Crippen molar-refractivity contribution >= 4 is 40.8 Å². The molecule has 2 saturated heterocycles. The Labute approximate surface area is 239 Å². The number of carbonyl (C=O) groups excluding carboxylic acids is 1. The van der Waals surface area contributed by atoms with Gasteiger partial charge in [-0.05, 0) is 37.1 Å². The lowest BCUT2D eigenvalue weighted by atomic mass is 9.96. The van der Waals surface area contributed by atoms with Gasteiger partial charge in [0.05, 0.1) is 65.8 Å². The number of hydrogen-bond acceptors (Lipinski definition) is 6. The zero-order valence-electron chi connectivity index (χ0n) is 21.5. The second-order valence-electron chi connectivity index (χ2n) is 10.0. The fraction of sp³-hybridized carbons (Fsp3) is 0.310. The standard InChI is InChI=1S/C29H25Cl2FN2O6/c1-38-18-7-22(30)26(23(31)8-18)28(35)33-11-15-3-2-4-19(27(15)40-14-33)20-10-25(21(29(36)37)9-24(20)32)34-16-5-6-17(34)13-39-12-16/h2-4,7-10,16-17H,5-6,11-14H2,1H3,(H,36,37). The van der Waals surface area contributed by atoms with Gasteiger partial charge in [-0.2, -0.15) is 0 Å². The number of carboxylic acids is 1. The molecule has 2 atom stereocenters. The average Bonchev–Trinajstić information content (AvgIpc) is 3.18. The maximum absolute atomic E-state index is 15.5. The molecule has 8 nitrogen and oxygen atoms in total. The maximum Gasteiger partial charge on any atom is 0.337 e. The number of aromatic carboxylic acids is 1. The smallest absolute Gasteiger partial charge is 0.337 e. The zero-order valence-corrected chi connectivity index (χ0v) is 23.0. The molecule has 0 radical (unpaired) electrons. The van der Waals surface area contributed by atoms with Crippen molar-refractivity contribution in [2.75, 3.05) is 32.0 Å². The molecule has 0 saturated carbocycles. The molecule has 3 aliphatic heterocycles. The Morgan fingerprint density at radius 2 is 1.75 bits per heavy atom. The lowest BCUT2D eigenvalue weighted by Crippen LogP contribution is -2.46. The summed E-state index contributed by atoms with van der Waals surface area (Å²) >= 11 is 12.7. The SMILES string of the molecule is COc1cc(Cl)c(C(=O)N2COc3c(cccc3-c3cc(N4C5CCC4COC5)c(C(=O)O)cc3F)C2)c(Cl)c1. The molecule has 208 valence electrons. The number of fused-ring (bicyclic) bond motifs is 3. The fourth-order valence-corrected chi connectivity index (χ4v) is 6.45. The number of methoxy groups -OCH3 is 1. The summed E-state index contributed by atoms with van der Waals surface area (Å²) in [5, 5.41) is 10.2. The molecule has 2 fully saturated rings. The van der Waals surface area contributed by atoms with Crippen LogP contribution in [0.25, 0.3) is 11.1 Å². The third-order valence-electron chi connectivity index (χ3n) is 7.70. The van der Waals surface area contributed by atoms with Gasteiger partial charge in [0.2, 0.25) is 0 Å². The van der Waals surface area contributed by atoms with Gasteiger partial charge in [-0.25, -0.2) is 9.18 Å². The number of halogens is 3. The number of rotatable bonds is 5. The first-order valence-electron chi connectivity index (χ1n) is 12.8. The summed E-state index contributed by atoms with van der Waals surface area (Å²) in [7, 11) is 1.47. The highest BCUT2D eigenvalue weighted by atomic mass is 35.5. The number of carboxylic acid groups (broad SMARTS) is 1. The first-order chi connectivity index (χ1) is 19.3. The van der Waals surface area contributed by atoms with E-state index in [1.54, 1.807) is 24.3 Å². The van der Waals surface area contributed by atoms with Crippen LogP contribution >= 0.6 is 23.2 Å². The lowest BCUT2D eigenvalue weighted by Gasteiger charge is -2.37. The van der Waals surface area contributed by atoms with Gasteiger partial charge < -0.3 is 29.1 Å². The normalized spacial score (nSPS) is 19.7. The van der Waals surface area contributed by atoms with E-state index in [2.05, 4.69) is 4.90 Å². The van der Waals surface area contributed by atoms with E-state index in [1.165, 1.54) is 24.1 Å². The summed E-state index contributed by atoms with van der Waals surface area (Å²) < 4.78 is 32.4. The Hall–Kier alpha value is -3.53. The van der Waals surface area contributed by atoms with Crippen molar-refractivity contribution in [1.82, 2.24) is 4.90 Å². The largest absolute Gasteiger partial charge is 0.497 e. The lowest BCUT2D eigenvalue weighted by molar-refractivity contribution is 0.0516. The number of carbonyl (C=O) groups is 2. The molecule has 0 spiro atoms. The van der Waals surface area contributed by atoms with Crippen molar-refractivity contribution in [1.29, 1.82) is 0 Å². The molecule has 3 aromatic carbocycles. The van der Waals surface area contributed by atoms with Crippen molar-refractivity contribution in [2.45, 2.75) is 31.5 Å². The first-order valence-corrected chi connectivity index (χ1v) is 13.5. The van der Waals surface area contributed by atoms with E-state index in [0.717, 1.165) is 18.9 Å². The molecule has 3 aromatic rings. The Morgan fingerprint density at radius 1 is 1.05 bits per heavy atom. The summed E-state index contributed by atoms with van der Waals surface area (Å²) in [6.45, 7) is 1.06. The van der Waals surface area contributed by atoms with Crippen LogP contribution in [0.15, 0.2) is 42.5 Å². The predicted molar refractivity (Wildman–Crippen MR) is 147 cm³/mol. The number of nitrogens with zero attached hydrogens (tertiary/aromatic N) is 2. The van der Waals surface area contributed by atoms with Gasteiger partial charge in [-0.15, -0.1) is 0 Å². The van der Waals surface area contributed by atoms with Crippen LogP contribution in [0.4, 0.5) is 10.1 Å². The predicted octanol–water partition coefficient (Wildman–Crippen LogP) is 5.87. The molecule has 0 aromatic heterocycles. The van der Waals surface area contributed by atoms with Crippen LogP contribution < -0.4 is 14.4 Å². The van der Waals surface area contributed by atoms with Crippen molar-refractivity contribution in [3.63, 3.8) is 0 Å². The summed E-state index contributed by atoms with van der Waals surface area (Å²) in [6, 6.07) is 11.0. The highest BCUT2D eigenvalue weighted by Gasteiger charge is 2.40. The second-order valence-corrected chi connectivity index (χ2v) is 10.8. The van der Waals surface area contributed by atoms with Gasteiger partial charge in [0.1, 0.15) is 17.3 Å². The van der Waals surface area contributed by atoms with Crippen LogP contribution in [-0.4, -0.2) is 61.0 Å². The molecular formula is C29H25Cl2FN2O6. The molecule has 0 aliphatic carbocycles. The minimum absolute atomic E-state index is 0.0345. The van der Waals surface area contributed by atoms with Crippen LogP contribution in [0.3, 0.4) is 0 Å². The topological polar surface area (TPSA) is 88.5 Å². The molecule has 3 aliphatic rings. The summed E-state index contributed by atoms with van der Waals surface area (Å²) in [5.41, 5.74) is 1.87. The number of anilines is 1. The fourth-order valence-electron chi connectivity index (χ4n) is 5.82. The van der Waals surface area contributed by atoms with Crippen LogP contribution in [-0.2, 0) is 11.3 Å². The van der Waals surface area contributed by atoms with Crippen molar-refractivity contribution < 1.29 is 33.3 Å². The van der Waals surface area contributed by atoms with Gasteiger partial charge in [0.15, 0.2) is 6.73 Å². The second kappa shape index (κ2) is 10.5. The molecule has 2 bridgehead atoms. The van der Waals surface area contributed by atoms with Gasteiger partial charge in [-0.3, -0.25) is 4.79 Å². The number of amides is 1. The Kier molecular flexibility index (Phi) is 6.98. The molecule has 3 heterocycles. The Bertz CT molecular complexity index is 1490. The van der Waals surface area contributed by atoms with Crippen molar-refractivity contribution in [3.05, 3.63) is 75.0 Å². The molecule has 6 rings (SSSR count). The monoisotopic (exact) mass is 586 g/mol.